The van der Waals surface area contributed by atoms with E-state index in [1.807, 2.05) is 0 Å². The fourth-order valence-electron chi connectivity index (χ4n) is 1.56. The summed E-state index contributed by atoms with van der Waals surface area (Å²) in [5, 5.41) is 4.57. The summed E-state index contributed by atoms with van der Waals surface area (Å²) in [6.07, 6.45) is 1.27. The minimum Gasteiger partial charge on any atom is -0.655 e. The van der Waals surface area contributed by atoms with Crippen molar-refractivity contribution in [2.45, 2.75) is 39.3 Å². The van der Waals surface area contributed by atoms with Gasteiger partial charge in [-0.3, -0.25) is 0 Å². The van der Waals surface area contributed by atoms with Crippen LogP contribution in [0, 0.1) is 0 Å². The van der Waals surface area contributed by atoms with Gasteiger partial charge in [0, 0.05) is 0 Å². The van der Waals surface area contributed by atoms with Gasteiger partial charge in [0.2, 0.25) is 0 Å². The Hall–Kier alpha value is -1.08. The number of likely N-dealkylation sites (tertiary alicyclic amines) is 1. The number of rotatable bonds is 4. The maximum Gasteiger partial charge on any atom is 0 e. The third-order valence-corrected chi connectivity index (χ3v) is 1.99. The van der Waals surface area contributed by atoms with E-state index in [-0.39, 0.29) is 0 Å². The molecule has 1 heterocycles. The molecule has 0 spiro atoms. The van der Waals surface area contributed by atoms with E-state index in [1.165, 1.54) is 26.1 Å². The van der Waals surface area contributed by atoms with Crippen LogP contribution in [0.5, 0.6) is 0 Å². The van der Waals surface area contributed by atoms with E-state index in [9.17, 15) is 0 Å². The number of nitrogens with zero attached hydrogens (tertiary/aromatic N) is 2. The molecule has 1 fully saturated rings. The van der Waals surface area contributed by atoms with Crippen LogP contribution in [0.15, 0.2) is 0 Å². The Balaban J connectivity index is 0.00000121. The molecular formula is C9H19N2Rf-. The molecule has 0 aliphatic carbocycles. The van der Waals surface area contributed by atoms with Crippen LogP contribution in [0.3, 0.4) is 0 Å². The van der Waals surface area contributed by atoms with Crippen molar-refractivity contribution in [3.8, 4) is 0 Å². The predicted octanol–water partition coefficient (Wildman–Crippen LogP) is 1.86. The van der Waals surface area contributed by atoms with Crippen molar-refractivity contribution in [1.29, 1.82) is 0 Å². The zero-order chi connectivity index (χ0) is 8.27. The molecule has 0 saturated carbocycles. The van der Waals surface area contributed by atoms with Gasteiger partial charge in [-0.05, 0) is 26.1 Å². The second-order valence-corrected chi connectivity index (χ2v) is 3.66. The molecule has 1 saturated heterocycles. The van der Waals surface area contributed by atoms with Gasteiger partial charge in [0.05, 0.1) is 0 Å². The Morgan fingerprint density at radius 1 is 1.42 bits per heavy atom. The number of hydrogen-bond acceptors (Lipinski definition) is 1. The second kappa shape index (κ2) is 4.73. The predicted molar refractivity (Wildman–Crippen MR) is 49.0 cm³/mol. The molecule has 0 atom stereocenters. The van der Waals surface area contributed by atoms with E-state index < -0.39 is 0 Å². The van der Waals surface area contributed by atoms with Crippen LogP contribution in [0.2, 0.25) is 0 Å². The van der Waals surface area contributed by atoms with Crippen LogP contribution in [0.1, 0.15) is 27.2 Å². The van der Waals surface area contributed by atoms with Crippen molar-refractivity contribution < 1.29 is 0 Å². The van der Waals surface area contributed by atoms with Crippen molar-refractivity contribution in [2.75, 3.05) is 19.6 Å². The van der Waals surface area contributed by atoms with E-state index in [1.54, 1.807) is 0 Å². The Labute approximate surface area is 70.0 Å². The van der Waals surface area contributed by atoms with Crippen molar-refractivity contribution in [1.82, 2.24) is 4.90 Å². The Kier molecular flexibility index (Phi) is 4.30. The Morgan fingerprint density at radius 3 is 2.42 bits per heavy atom. The molecule has 0 aromatic rings. The van der Waals surface area contributed by atoms with Crippen molar-refractivity contribution in [3.05, 3.63) is 5.32 Å². The first kappa shape index (κ1) is 10.9. The smallest absolute Gasteiger partial charge is 0 e. The van der Waals surface area contributed by atoms with Gasteiger partial charge in [-0.25, -0.2) is 0 Å². The average Bonchev–Trinajstić information content (AvgIpc) is 1.82. The van der Waals surface area contributed by atoms with E-state index in [4.69, 9.17) is 0 Å². The average molecular weight is 422 g/mol. The van der Waals surface area contributed by atoms with Crippen LogP contribution < -0.4 is 0 Å². The fraction of sp³-hybridized carbons (Fsp3) is 1.00. The molecule has 3 heteroatoms. The first-order chi connectivity index (χ1) is 5.22. The molecule has 12 heavy (non-hydrogen) atoms. The summed E-state index contributed by atoms with van der Waals surface area (Å²) in [5.41, 5.74) is 0. The molecule has 1 aliphatic heterocycles. The van der Waals surface area contributed by atoms with Gasteiger partial charge >= 0.3 is 0 Å². The summed E-state index contributed by atoms with van der Waals surface area (Å²) in [7, 11) is 0. The van der Waals surface area contributed by atoms with Gasteiger partial charge in [-0.15, -0.1) is 12.1 Å². The zero-order valence-corrected chi connectivity index (χ0v) is 15.0. The first-order valence-electron chi connectivity index (χ1n) is 4.64. The minimum atomic E-state index is 0. The maximum atomic E-state index is 4.57. The third-order valence-electron chi connectivity index (χ3n) is 1.99. The SMILES string of the molecule is CCCN1CC([N-]C(C)C)C1.[Rf]. The third kappa shape index (κ3) is 2.89. The standard InChI is InChI=1S/C9H19N2.Rf/c1-4-5-11-6-9(7-11)10-8(2)3;/h8-9H,4-7H2,1-3H3;/q-1;. The van der Waals surface area contributed by atoms with Crippen LogP contribution in [0.25, 0.3) is 5.32 Å². The van der Waals surface area contributed by atoms with Crippen LogP contribution in [-0.4, -0.2) is 36.6 Å². The normalized spacial score (nSPS) is 19.0. The van der Waals surface area contributed by atoms with E-state index >= 15 is 0 Å². The molecule has 0 N–H and O–H groups in total. The minimum absolute atomic E-state index is 0. The summed E-state index contributed by atoms with van der Waals surface area (Å²) in [4.78, 5) is 2.47. The van der Waals surface area contributed by atoms with E-state index in [2.05, 4.69) is 31.0 Å². The molecule has 2 nitrogen and oxygen atoms in total. The first-order valence-corrected chi connectivity index (χ1v) is 4.64. The van der Waals surface area contributed by atoms with Crippen molar-refractivity contribution >= 4 is 0 Å². The fourth-order valence-corrected chi connectivity index (χ4v) is 1.56. The Morgan fingerprint density at radius 2 is 2.00 bits per heavy atom. The van der Waals surface area contributed by atoms with Crippen molar-refractivity contribution in [3.63, 3.8) is 0 Å². The molecule has 1 rings (SSSR count). The van der Waals surface area contributed by atoms with Crippen LogP contribution in [-0.2, 0) is 0 Å². The van der Waals surface area contributed by atoms with Gasteiger partial charge in [-0.2, -0.15) is 0 Å². The molecular weight excluding hydrogens is 403 g/mol. The topological polar surface area (TPSA) is 17.3 Å². The van der Waals surface area contributed by atoms with Crippen molar-refractivity contribution in [2.24, 2.45) is 0 Å². The van der Waals surface area contributed by atoms with E-state index in [0.717, 1.165) is 0 Å². The van der Waals surface area contributed by atoms with Gasteiger partial charge in [0.1, 0.15) is 0 Å². The summed E-state index contributed by atoms with van der Waals surface area (Å²) < 4.78 is 0. The summed E-state index contributed by atoms with van der Waals surface area (Å²) in [5.74, 6) is 0. The van der Waals surface area contributed by atoms with Gasteiger partial charge in [0.25, 0.3) is 0 Å². The molecule has 0 radical (unpaired) electrons. The molecule has 0 unspecified atom stereocenters. The molecule has 0 bridgehead atoms. The van der Waals surface area contributed by atoms with E-state index in [0.29, 0.717) is 12.1 Å². The van der Waals surface area contributed by atoms with Crippen LogP contribution in [0.4, 0.5) is 0 Å². The molecule has 0 aromatic carbocycles. The number of hydrogen-bond donors (Lipinski definition) is 0. The molecule has 1 aliphatic rings. The summed E-state index contributed by atoms with van der Waals surface area (Å²) in [6, 6.07) is 1.16. The maximum absolute atomic E-state index is 4.57. The summed E-state index contributed by atoms with van der Waals surface area (Å²) >= 11 is 0. The van der Waals surface area contributed by atoms with Gasteiger partial charge in [-0.1, -0.05) is 20.8 Å². The molecule has 0 amide bonds. The summed E-state index contributed by atoms with van der Waals surface area (Å²) in [6.45, 7) is 10.2. The molecule has 0 aromatic heterocycles. The molecule has 68 valence electrons. The zero-order valence-electron chi connectivity index (χ0n) is 8.58. The largest absolute Gasteiger partial charge is 0.655 e. The Bertz CT molecular complexity index is 111. The monoisotopic (exact) mass is 422 g/mol. The van der Waals surface area contributed by atoms with Crippen LogP contribution >= 0.6 is 0 Å². The quantitative estimate of drug-likeness (QED) is 0.677. The van der Waals surface area contributed by atoms with Gasteiger partial charge < -0.3 is 10.2 Å². The van der Waals surface area contributed by atoms with Gasteiger partial charge in [0.15, 0.2) is 0 Å². The second-order valence-electron chi connectivity index (χ2n) is 3.66.